The molecule has 0 aromatic carbocycles. The van der Waals surface area contributed by atoms with Crippen LogP contribution in [0.25, 0.3) is 0 Å². The summed E-state index contributed by atoms with van der Waals surface area (Å²) in [6.07, 6.45) is 1.74. The Labute approximate surface area is 111 Å². The van der Waals surface area contributed by atoms with Gasteiger partial charge in [-0.1, -0.05) is 27.7 Å². The second kappa shape index (κ2) is 8.11. The third kappa shape index (κ3) is 8.09. The van der Waals surface area contributed by atoms with Crippen molar-refractivity contribution in [3.63, 3.8) is 0 Å². The largest absolute Gasteiger partial charge is 0.352 e. The zero-order valence-corrected chi connectivity index (χ0v) is 12.5. The van der Waals surface area contributed by atoms with Gasteiger partial charge in [0.1, 0.15) is 0 Å². The van der Waals surface area contributed by atoms with E-state index in [1.807, 2.05) is 0 Å². The van der Waals surface area contributed by atoms with Crippen LogP contribution in [0.2, 0.25) is 0 Å². The number of hydrogen-bond donors (Lipinski definition) is 2. The van der Waals surface area contributed by atoms with Gasteiger partial charge in [-0.25, -0.2) is 0 Å². The third-order valence-electron chi connectivity index (χ3n) is 2.71. The van der Waals surface area contributed by atoms with Crippen molar-refractivity contribution in [1.29, 1.82) is 0 Å². The molecule has 0 spiro atoms. The number of carbonyl (C=O) groups is 2. The third-order valence-corrected chi connectivity index (χ3v) is 2.71. The van der Waals surface area contributed by atoms with Crippen LogP contribution in [-0.4, -0.2) is 23.9 Å². The molecule has 0 aromatic heterocycles. The molecule has 2 atom stereocenters. The van der Waals surface area contributed by atoms with Gasteiger partial charge in [-0.2, -0.15) is 0 Å². The molecule has 0 bridgehead atoms. The lowest BCUT2D eigenvalue weighted by Gasteiger charge is -2.30. The Hall–Kier alpha value is -1.06. The van der Waals surface area contributed by atoms with E-state index in [9.17, 15) is 9.59 Å². The van der Waals surface area contributed by atoms with Crippen LogP contribution in [0.1, 0.15) is 54.4 Å². The minimum absolute atomic E-state index is 0.00815. The minimum atomic E-state index is -0.0419. The molecule has 0 saturated carbocycles. The summed E-state index contributed by atoms with van der Waals surface area (Å²) in [4.78, 5) is 22.6. The van der Waals surface area contributed by atoms with E-state index in [1.165, 1.54) is 13.8 Å². The molecule has 0 aliphatic heterocycles. The second-order valence-corrected chi connectivity index (χ2v) is 5.87. The topological polar surface area (TPSA) is 58.2 Å². The van der Waals surface area contributed by atoms with Gasteiger partial charge in [0.05, 0.1) is 0 Å². The van der Waals surface area contributed by atoms with E-state index in [0.717, 1.165) is 12.8 Å². The smallest absolute Gasteiger partial charge is 0.217 e. The van der Waals surface area contributed by atoms with E-state index in [2.05, 4.69) is 38.3 Å². The van der Waals surface area contributed by atoms with E-state index in [-0.39, 0.29) is 23.9 Å². The summed E-state index contributed by atoms with van der Waals surface area (Å²) in [5.74, 6) is 0.870. The van der Waals surface area contributed by atoms with Crippen molar-refractivity contribution in [3.05, 3.63) is 0 Å². The summed E-state index contributed by atoms with van der Waals surface area (Å²) < 4.78 is 0. The fourth-order valence-electron chi connectivity index (χ4n) is 2.19. The summed E-state index contributed by atoms with van der Waals surface area (Å²) in [6.45, 7) is 11.5. The standard InChI is InChI=1S/C14H28N2O2/c1-9(2)7-13(15-11(5)17)14(8-10(3)4)16-12(6)18/h9-10,13-14H,7-8H2,1-6H3,(H,15,17)(H,16,18)/t13-,14-/m0/s1. The molecule has 0 heterocycles. The number of amides is 2. The van der Waals surface area contributed by atoms with Crippen LogP contribution < -0.4 is 10.6 Å². The molecule has 0 saturated heterocycles. The first-order chi connectivity index (χ1) is 8.22. The first kappa shape index (κ1) is 16.9. The van der Waals surface area contributed by atoms with Gasteiger partial charge in [0.2, 0.25) is 11.8 Å². The highest BCUT2D eigenvalue weighted by Gasteiger charge is 2.24. The van der Waals surface area contributed by atoms with E-state index in [0.29, 0.717) is 11.8 Å². The van der Waals surface area contributed by atoms with Crippen LogP contribution in [-0.2, 0) is 9.59 Å². The molecule has 0 rings (SSSR count). The number of hydrogen-bond acceptors (Lipinski definition) is 2. The first-order valence-corrected chi connectivity index (χ1v) is 6.76. The maximum atomic E-state index is 11.3. The molecule has 0 unspecified atom stereocenters. The second-order valence-electron chi connectivity index (χ2n) is 5.87. The van der Waals surface area contributed by atoms with Gasteiger partial charge in [0, 0.05) is 25.9 Å². The van der Waals surface area contributed by atoms with Crippen LogP contribution in [0.4, 0.5) is 0 Å². The number of rotatable bonds is 7. The van der Waals surface area contributed by atoms with E-state index in [4.69, 9.17) is 0 Å². The molecular weight excluding hydrogens is 228 g/mol. The Bertz CT molecular complexity index is 247. The first-order valence-electron chi connectivity index (χ1n) is 6.76. The molecule has 4 heteroatoms. The number of carbonyl (C=O) groups excluding carboxylic acids is 2. The average Bonchev–Trinajstić information content (AvgIpc) is 2.12. The molecule has 0 aromatic rings. The molecule has 0 fully saturated rings. The molecule has 0 radical (unpaired) electrons. The maximum Gasteiger partial charge on any atom is 0.217 e. The summed E-state index contributed by atoms with van der Waals surface area (Å²) in [5, 5.41) is 5.94. The summed E-state index contributed by atoms with van der Waals surface area (Å²) >= 11 is 0. The SMILES string of the molecule is CC(=O)N[C@@H](CC(C)C)[C@H](CC(C)C)NC(C)=O. The highest BCUT2D eigenvalue weighted by Crippen LogP contribution is 2.15. The monoisotopic (exact) mass is 256 g/mol. The van der Waals surface area contributed by atoms with Crippen LogP contribution >= 0.6 is 0 Å². The van der Waals surface area contributed by atoms with Gasteiger partial charge in [0.15, 0.2) is 0 Å². The highest BCUT2D eigenvalue weighted by atomic mass is 16.2. The van der Waals surface area contributed by atoms with Gasteiger partial charge >= 0.3 is 0 Å². The van der Waals surface area contributed by atoms with Crippen LogP contribution in [0, 0.1) is 11.8 Å². The molecule has 2 N–H and O–H groups in total. The Morgan fingerprint density at radius 2 is 1.06 bits per heavy atom. The summed E-state index contributed by atoms with van der Waals surface area (Å²) in [5.41, 5.74) is 0. The van der Waals surface area contributed by atoms with Crippen LogP contribution in [0.3, 0.4) is 0 Å². The Morgan fingerprint density at radius 1 is 0.778 bits per heavy atom. The van der Waals surface area contributed by atoms with E-state index >= 15 is 0 Å². The fourth-order valence-corrected chi connectivity index (χ4v) is 2.19. The maximum absolute atomic E-state index is 11.3. The lowest BCUT2D eigenvalue weighted by molar-refractivity contribution is -0.122. The quantitative estimate of drug-likeness (QED) is 0.733. The van der Waals surface area contributed by atoms with Gasteiger partial charge < -0.3 is 10.6 Å². The molecule has 0 aliphatic rings. The van der Waals surface area contributed by atoms with Crippen molar-refractivity contribution in [2.75, 3.05) is 0 Å². The minimum Gasteiger partial charge on any atom is -0.352 e. The zero-order chi connectivity index (χ0) is 14.3. The number of nitrogens with one attached hydrogen (secondary N) is 2. The lowest BCUT2D eigenvalue weighted by atomic mass is 9.91. The van der Waals surface area contributed by atoms with Crippen molar-refractivity contribution in [2.24, 2.45) is 11.8 Å². The fraction of sp³-hybridized carbons (Fsp3) is 0.857. The predicted octanol–water partition coefficient (Wildman–Crippen LogP) is 2.09. The van der Waals surface area contributed by atoms with Gasteiger partial charge in [-0.15, -0.1) is 0 Å². The van der Waals surface area contributed by atoms with Gasteiger partial charge in [0.25, 0.3) is 0 Å². The van der Waals surface area contributed by atoms with Crippen molar-refractivity contribution in [1.82, 2.24) is 10.6 Å². The molecule has 106 valence electrons. The molecule has 18 heavy (non-hydrogen) atoms. The van der Waals surface area contributed by atoms with E-state index in [1.54, 1.807) is 0 Å². The van der Waals surface area contributed by atoms with Gasteiger partial charge in [-0.3, -0.25) is 9.59 Å². The van der Waals surface area contributed by atoms with Crippen molar-refractivity contribution < 1.29 is 9.59 Å². The van der Waals surface area contributed by atoms with E-state index < -0.39 is 0 Å². The highest BCUT2D eigenvalue weighted by molar-refractivity contribution is 5.74. The van der Waals surface area contributed by atoms with Crippen LogP contribution in [0.5, 0.6) is 0 Å². The van der Waals surface area contributed by atoms with Crippen molar-refractivity contribution in [2.45, 2.75) is 66.5 Å². The Morgan fingerprint density at radius 3 is 1.22 bits per heavy atom. The summed E-state index contributed by atoms with van der Waals surface area (Å²) in [6, 6.07) is 0.0163. The van der Waals surface area contributed by atoms with Crippen molar-refractivity contribution in [3.8, 4) is 0 Å². The normalized spacial score (nSPS) is 14.4. The molecule has 2 amide bonds. The zero-order valence-electron chi connectivity index (χ0n) is 12.5. The Balaban J connectivity index is 4.79. The lowest BCUT2D eigenvalue weighted by Crippen LogP contribution is -2.51. The molecule has 0 aliphatic carbocycles. The average molecular weight is 256 g/mol. The molecular formula is C14H28N2O2. The summed E-state index contributed by atoms with van der Waals surface area (Å²) in [7, 11) is 0. The van der Waals surface area contributed by atoms with Crippen LogP contribution in [0.15, 0.2) is 0 Å². The van der Waals surface area contributed by atoms with Gasteiger partial charge in [-0.05, 0) is 24.7 Å². The van der Waals surface area contributed by atoms with Crippen molar-refractivity contribution >= 4 is 11.8 Å². The molecule has 4 nitrogen and oxygen atoms in total. The predicted molar refractivity (Wildman–Crippen MR) is 74.1 cm³/mol. The Kier molecular flexibility index (Phi) is 7.64.